The summed E-state index contributed by atoms with van der Waals surface area (Å²) < 4.78 is 1.57. The Morgan fingerprint density at radius 1 is 1.07 bits per heavy atom. The van der Waals surface area contributed by atoms with E-state index in [4.69, 9.17) is 0 Å². The number of benzene rings is 2. The highest BCUT2D eigenvalue weighted by Crippen LogP contribution is 2.26. The fourth-order valence-electron chi connectivity index (χ4n) is 3.41. The summed E-state index contributed by atoms with van der Waals surface area (Å²) >= 11 is 1.61. The van der Waals surface area contributed by atoms with Gasteiger partial charge in [0.1, 0.15) is 5.82 Å². The van der Waals surface area contributed by atoms with E-state index in [1.165, 1.54) is 0 Å². The van der Waals surface area contributed by atoms with Crippen molar-refractivity contribution in [3.63, 3.8) is 0 Å². The number of hydrogen-bond donors (Lipinski definition) is 1. The predicted molar refractivity (Wildman–Crippen MR) is 116 cm³/mol. The number of carbonyl (C=O) groups excluding carboxylic acids is 1. The molecule has 2 aromatic carbocycles. The number of rotatable bonds is 6. The molecule has 0 spiro atoms. The highest BCUT2D eigenvalue weighted by Gasteiger charge is 2.18. The normalized spacial score (nSPS) is 12.0. The van der Waals surface area contributed by atoms with E-state index in [0.717, 1.165) is 10.4 Å². The Morgan fingerprint density at radius 3 is 2.59 bits per heavy atom. The van der Waals surface area contributed by atoms with Gasteiger partial charge in [0.05, 0.1) is 16.9 Å². The van der Waals surface area contributed by atoms with Crippen LogP contribution in [0.5, 0.6) is 0 Å². The van der Waals surface area contributed by atoms with Gasteiger partial charge in [0.25, 0.3) is 5.56 Å². The molecule has 0 aliphatic heterocycles. The number of amides is 1. The summed E-state index contributed by atoms with van der Waals surface area (Å²) in [6.07, 6.45) is 0.204. The second-order valence-electron chi connectivity index (χ2n) is 6.81. The van der Waals surface area contributed by atoms with Gasteiger partial charge in [0.2, 0.25) is 5.91 Å². The van der Waals surface area contributed by atoms with Crippen LogP contribution in [0.3, 0.4) is 0 Å². The number of aromatic nitrogens is 2. The second kappa shape index (κ2) is 8.41. The average Bonchev–Trinajstić information content (AvgIpc) is 3.27. The fraction of sp³-hybridized carbons (Fsp3) is 0.174. The van der Waals surface area contributed by atoms with Gasteiger partial charge in [0, 0.05) is 17.8 Å². The SMILES string of the molecule is Cc1nc2ccccc2c(=O)n1CCC(=O)N[C@H](c1ccccc1)c1cccs1. The van der Waals surface area contributed by atoms with Gasteiger partial charge in [-0.3, -0.25) is 14.2 Å². The van der Waals surface area contributed by atoms with Crippen molar-refractivity contribution in [1.82, 2.24) is 14.9 Å². The Labute approximate surface area is 172 Å². The van der Waals surface area contributed by atoms with Crippen LogP contribution in [0.15, 0.2) is 76.9 Å². The zero-order valence-electron chi connectivity index (χ0n) is 16.0. The van der Waals surface area contributed by atoms with Crippen LogP contribution in [0.2, 0.25) is 0 Å². The smallest absolute Gasteiger partial charge is 0.261 e. The Hall–Kier alpha value is -3.25. The average molecular weight is 404 g/mol. The molecule has 0 aliphatic carbocycles. The van der Waals surface area contributed by atoms with E-state index >= 15 is 0 Å². The third kappa shape index (κ3) is 4.12. The summed E-state index contributed by atoms with van der Waals surface area (Å²) in [5.74, 6) is 0.506. The highest BCUT2D eigenvalue weighted by atomic mass is 32.1. The van der Waals surface area contributed by atoms with E-state index in [9.17, 15) is 9.59 Å². The number of hydrogen-bond acceptors (Lipinski definition) is 4. The largest absolute Gasteiger partial charge is 0.344 e. The molecule has 0 fully saturated rings. The first-order valence-corrected chi connectivity index (χ1v) is 10.4. The third-order valence-corrected chi connectivity index (χ3v) is 5.82. The van der Waals surface area contributed by atoms with Crippen molar-refractivity contribution >= 4 is 28.1 Å². The van der Waals surface area contributed by atoms with Gasteiger partial charge in [-0.2, -0.15) is 0 Å². The van der Waals surface area contributed by atoms with E-state index in [2.05, 4.69) is 10.3 Å². The lowest BCUT2D eigenvalue weighted by atomic mass is 10.1. The Kier molecular flexibility index (Phi) is 5.53. The van der Waals surface area contributed by atoms with Crippen LogP contribution in [0.25, 0.3) is 10.9 Å². The molecule has 2 aromatic heterocycles. The summed E-state index contributed by atoms with van der Waals surface area (Å²) in [4.78, 5) is 31.1. The maximum Gasteiger partial charge on any atom is 0.261 e. The molecule has 0 saturated heterocycles. The maximum absolute atomic E-state index is 12.8. The van der Waals surface area contributed by atoms with Crippen molar-refractivity contribution in [2.75, 3.05) is 0 Å². The lowest BCUT2D eigenvalue weighted by Crippen LogP contribution is -2.31. The molecule has 0 radical (unpaired) electrons. The molecule has 2 heterocycles. The van der Waals surface area contributed by atoms with Crippen molar-refractivity contribution in [3.8, 4) is 0 Å². The minimum Gasteiger partial charge on any atom is -0.344 e. The monoisotopic (exact) mass is 403 g/mol. The van der Waals surface area contributed by atoms with Gasteiger partial charge >= 0.3 is 0 Å². The van der Waals surface area contributed by atoms with Gasteiger partial charge in [0.15, 0.2) is 0 Å². The summed E-state index contributed by atoms with van der Waals surface area (Å²) in [5.41, 5.74) is 1.60. The highest BCUT2D eigenvalue weighted by molar-refractivity contribution is 7.10. The van der Waals surface area contributed by atoms with E-state index in [0.29, 0.717) is 23.3 Å². The van der Waals surface area contributed by atoms with Crippen LogP contribution in [0.4, 0.5) is 0 Å². The molecule has 29 heavy (non-hydrogen) atoms. The predicted octanol–water partition coefficient (Wildman–Crippen LogP) is 4.06. The zero-order chi connectivity index (χ0) is 20.2. The van der Waals surface area contributed by atoms with Crippen LogP contribution in [0, 0.1) is 6.92 Å². The quantitative estimate of drug-likeness (QED) is 0.528. The van der Waals surface area contributed by atoms with E-state index < -0.39 is 0 Å². The molecule has 4 aromatic rings. The molecule has 0 bridgehead atoms. The van der Waals surface area contributed by atoms with Crippen molar-refractivity contribution in [1.29, 1.82) is 0 Å². The lowest BCUT2D eigenvalue weighted by molar-refractivity contribution is -0.121. The van der Waals surface area contributed by atoms with Gasteiger partial charge in [-0.15, -0.1) is 11.3 Å². The number of para-hydroxylation sites is 1. The van der Waals surface area contributed by atoms with Gasteiger partial charge in [-0.05, 0) is 36.1 Å². The Morgan fingerprint density at radius 2 is 1.83 bits per heavy atom. The molecule has 4 rings (SSSR count). The van der Waals surface area contributed by atoms with Crippen LogP contribution in [-0.2, 0) is 11.3 Å². The number of fused-ring (bicyclic) bond motifs is 1. The number of nitrogens with zero attached hydrogens (tertiary/aromatic N) is 2. The summed E-state index contributed by atoms with van der Waals surface area (Å²) in [7, 11) is 0. The molecule has 146 valence electrons. The van der Waals surface area contributed by atoms with Gasteiger partial charge in [-0.1, -0.05) is 48.5 Å². The summed E-state index contributed by atoms with van der Waals surface area (Å²) in [6, 6.07) is 21.0. The molecule has 6 heteroatoms. The topological polar surface area (TPSA) is 64.0 Å². The van der Waals surface area contributed by atoms with Crippen molar-refractivity contribution in [3.05, 3.63) is 98.7 Å². The molecular weight excluding hydrogens is 382 g/mol. The molecule has 1 N–H and O–H groups in total. The van der Waals surface area contributed by atoms with Gasteiger partial charge < -0.3 is 5.32 Å². The van der Waals surface area contributed by atoms with Crippen LogP contribution >= 0.6 is 11.3 Å². The van der Waals surface area contributed by atoms with Crippen molar-refractivity contribution in [2.24, 2.45) is 0 Å². The molecular formula is C23H21N3O2S. The van der Waals surface area contributed by atoms with Crippen LogP contribution < -0.4 is 10.9 Å². The number of thiophene rings is 1. The van der Waals surface area contributed by atoms with Crippen molar-refractivity contribution < 1.29 is 4.79 Å². The first-order valence-electron chi connectivity index (χ1n) is 9.47. The molecule has 0 aliphatic rings. The maximum atomic E-state index is 12.8. The van der Waals surface area contributed by atoms with Crippen molar-refractivity contribution in [2.45, 2.75) is 25.9 Å². The molecule has 5 nitrogen and oxygen atoms in total. The minimum absolute atomic E-state index is 0.105. The van der Waals surface area contributed by atoms with E-state index in [1.54, 1.807) is 28.9 Å². The first kappa shape index (κ1) is 19.1. The third-order valence-electron chi connectivity index (χ3n) is 4.88. The number of nitrogens with one attached hydrogen (secondary N) is 1. The summed E-state index contributed by atoms with van der Waals surface area (Å²) in [5, 5.41) is 5.69. The molecule has 1 atom stereocenters. The van der Waals surface area contributed by atoms with Crippen LogP contribution in [0.1, 0.15) is 28.7 Å². The van der Waals surface area contributed by atoms with E-state index in [1.807, 2.05) is 66.0 Å². The second-order valence-corrected chi connectivity index (χ2v) is 7.79. The lowest BCUT2D eigenvalue weighted by Gasteiger charge is -2.18. The Bertz CT molecular complexity index is 1180. The number of aryl methyl sites for hydroxylation is 1. The minimum atomic E-state index is -0.198. The van der Waals surface area contributed by atoms with E-state index in [-0.39, 0.29) is 23.9 Å². The number of carbonyl (C=O) groups is 1. The standard InChI is InChI=1S/C23H21N3O2S/c1-16-24-19-11-6-5-10-18(19)23(28)26(16)14-13-21(27)25-22(20-12-7-15-29-20)17-8-3-2-4-9-17/h2-12,15,22H,13-14H2,1H3,(H,25,27)/t22-/m1/s1. The van der Waals surface area contributed by atoms with Crippen LogP contribution in [-0.4, -0.2) is 15.5 Å². The molecule has 0 saturated carbocycles. The Balaban J connectivity index is 1.52. The fourth-order valence-corrected chi connectivity index (χ4v) is 4.21. The molecule has 1 amide bonds. The molecule has 0 unspecified atom stereocenters. The zero-order valence-corrected chi connectivity index (χ0v) is 16.9. The van der Waals surface area contributed by atoms with Gasteiger partial charge in [-0.25, -0.2) is 4.98 Å². The summed E-state index contributed by atoms with van der Waals surface area (Å²) in [6.45, 7) is 2.09. The first-order chi connectivity index (χ1) is 14.1.